The van der Waals surface area contributed by atoms with Gasteiger partial charge in [0.1, 0.15) is 60.9 Å². The Balaban J connectivity index is 1.25. The van der Waals surface area contributed by atoms with Gasteiger partial charge in [-0.15, -0.1) is 0 Å². The summed E-state index contributed by atoms with van der Waals surface area (Å²) < 4.78 is 25.5. The van der Waals surface area contributed by atoms with Crippen molar-refractivity contribution in [3.05, 3.63) is 217 Å². The molecule has 0 fully saturated rings. The van der Waals surface area contributed by atoms with Gasteiger partial charge in [0.25, 0.3) is 0 Å². The van der Waals surface area contributed by atoms with Crippen molar-refractivity contribution in [1.29, 1.82) is 0 Å². The van der Waals surface area contributed by atoms with E-state index in [1.54, 1.807) is 48.5 Å². The van der Waals surface area contributed by atoms with E-state index in [1.807, 2.05) is 18.2 Å². The van der Waals surface area contributed by atoms with Crippen molar-refractivity contribution in [1.82, 2.24) is 0 Å². The fourth-order valence-corrected chi connectivity index (χ4v) is 7.50. The first-order valence-electron chi connectivity index (χ1n) is 20.1. The first-order valence-corrected chi connectivity index (χ1v) is 20.1. The number of rotatable bonds is 16. The number of hydrogen-bond acceptors (Lipinski definition) is 6. The first-order chi connectivity index (χ1) is 29.4. The number of ether oxygens (including phenoxy) is 4. The number of benzene rings is 8. The van der Waals surface area contributed by atoms with Gasteiger partial charge in [0.15, 0.2) is 0 Å². The highest BCUT2D eigenvalue weighted by Crippen LogP contribution is 2.49. The molecule has 0 radical (unpaired) electrons. The third-order valence-corrected chi connectivity index (χ3v) is 10.7. The van der Waals surface area contributed by atoms with Gasteiger partial charge in [-0.3, -0.25) is 0 Å². The lowest BCUT2D eigenvalue weighted by molar-refractivity contribution is 0.212. The summed E-state index contributed by atoms with van der Waals surface area (Å²) in [4.78, 5) is 0. The molecule has 0 bridgehead atoms. The Kier molecular flexibility index (Phi) is 12.1. The molecule has 0 heterocycles. The molecule has 0 unspecified atom stereocenters. The van der Waals surface area contributed by atoms with Crippen molar-refractivity contribution in [2.24, 2.45) is 0 Å². The highest BCUT2D eigenvalue weighted by atomic mass is 16.5. The minimum absolute atomic E-state index is 0.183. The van der Waals surface area contributed by atoms with Crippen LogP contribution in [0.4, 0.5) is 0 Å². The molecular weight excluding hydrogens is 745 g/mol. The molecule has 6 heteroatoms. The van der Waals surface area contributed by atoms with Gasteiger partial charge in [0.2, 0.25) is 0 Å². The number of phenolic OH excluding ortho intramolecular Hbond substituents is 2. The lowest BCUT2D eigenvalue weighted by atomic mass is 9.69. The van der Waals surface area contributed by atoms with Crippen LogP contribution in [0.2, 0.25) is 0 Å². The Bertz CT molecular complexity index is 2450. The van der Waals surface area contributed by atoms with Crippen LogP contribution in [0.1, 0.15) is 23.6 Å². The molecule has 6 nitrogen and oxygen atoms in total. The molecule has 0 aliphatic carbocycles. The van der Waals surface area contributed by atoms with Crippen molar-refractivity contribution in [2.45, 2.75) is 12.3 Å². The quantitative estimate of drug-likeness (QED) is 0.0750. The summed E-state index contributed by atoms with van der Waals surface area (Å²) in [7, 11) is 0. The van der Waals surface area contributed by atoms with Crippen molar-refractivity contribution in [2.75, 3.05) is 26.4 Å². The minimum atomic E-state index is -0.828. The average molecular weight is 791 g/mol. The van der Waals surface area contributed by atoms with Crippen LogP contribution >= 0.6 is 0 Å². The molecule has 2 N–H and O–H groups in total. The van der Waals surface area contributed by atoms with Crippen LogP contribution in [0.3, 0.4) is 0 Å². The molecule has 0 saturated carbocycles. The average Bonchev–Trinajstić information content (AvgIpc) is 3.31. The molecule has 298 valence electrons. The van der Waals surface area contributed by atoms with Crippen molar-refractivity contribution in [3.8, 4) is 67.9 Å². The van der Waals surface area contributed by atoms with Gasteiger partial charge in [0, 0.05) is 16.5 Å². The van der Waals surface area contributed by atoms with Crippen LogP contribution < -0.4 is 18.9 Å². The fraction of sp³-hybridized carbons (Fsp3) is 0.111. The number of aromatic hydroxyl groups is 2. The molecule has 0 aliphatic heterocycles. The van der Waals surface area contributed by atoms with Gasteiger partial charge < -0.3 is 29.2 Å². The molecule has 0 atom stereocenters. The highest BCUT2D eigenvalue weighted by Gasteiger charge is 2.37. The van der Waals surface area contributed by atoms with E-state index in [9.17, 15) is 10.2 Å². The predicted molar refractivity (Wildman–Crippen MR) is 239 cm³/mol. The Morgan fingerprint density at radius 1 is 0.350 bits per heavy atom. The molecule has 8 aromatic carbocycles. The molecule has 0 spiro atoms. The van der Waals surface area contributed by atoms with E-state index < -0.39 is 5.41 Å². The summed E-state index contributed by atoms with van der Waals surface area (Å²) in [5.74, 6) is 3.09. The van der Waals surface area contributed by atoms with Crippen LogP contribution in [-0.4, -0.2) is 36.6 Å². The molecular formula is C54H46O6. The standard InChI is InChI=1S/C54H46O6/c1-54(45-21-17-42(18-22-45)39-11-5-2-6-12-39,50-37-43(40-13-7-3-8-14-40)19-31-52(50)59-35-33-57-48-27-23-46(55)24-28-48)51-38-44(41-15-9-4-10-16-41)20-32-53(51)60-36-34-58-49-29-25-47(56)26-30-49/h2-32,37-38,55-56H,33-36H2,1H3. The van der Waals surface area contributed by atoms with Crippen LogP contribution in [0.5, 0.6) is 34.5 Å². The smallest absolute Gasteiger partial charge is 0.123 e. The van der Waals surface area contributed by atoms with Gasteiger partial charge in [-0.25, -0.2) is 0 Å². The third kappa shape index (κ3) is 9.14. The van der Waals surface area contributed by atoms with E-state index in [0.29, 0.717) is 36.2 Å². The monoisotopic (exact) mass is 790 g/mol. The zero-order valence-electron chi connectivity index (χ0n) is 33.4. The molecule has 0 aliphatic rings. The summed E-state index contributed by atoms with van der Waals surface area (Å²) in [6.07, 6.45) is 0. The summed E-state index contributed by atoms with van der Waals surface area (Å²) in [6, 6.07) is 66.1. The van der Waals surface area contributed by atoms with Gasteiger partial charge in [-0.1, -0.05) is 127 Å². The Morgan fingerprint density at radius 2 is 0.683 bits per heavy atom. The summed E-state index contributed by atoms with van der Waals surface area (Å²) in [6.45, 7) is 3.41. The molecule has 0 saturated heterocycles. The second kappa shape index (κ2) is 18.4. The van der Waals surface area contributed by atoms with Crippen LogP contribution in [-0.2, 0) is 5.41 Å². The summed E-state index contributed by atoms with van der Waals surface area (Å²) >= 11 is 0. The maximum Gasteiger partial charge on any atom is 0.123 e. The fourth-order valence-electron chi connectivity index (χ4n) is 7.50. The second-order valence-corrected chi connectivity index (χ2v) is 14.6. The minimum Gasteiger partial charge on any atom is -0.508 e. The topological polar surface area (TPSA) is 77.4 Å². The number of hydrogen-bond donors (Lipinski definition) is 2. The molecule has 0 amide bonds. The SMILES string of the molecule is CC(c1ccc(-c2ccccc2)cc1)(c1cc(-c2ccccc2)ccc1OCCOc1ccc(O)cc1)c1cc(-c2ccccc2)ccc1OCCOc1ccc(O)cc1. The maximum absolute atomic E-state index is 9.76. The van der Waals surface area contributed by atoms with Gasteiger partial charge in [0.05, 0.1) is 0 Å². The summed E-state index contributed by atoms with van der Waals surface area (Å²) in [5.41, 5.74) is 8.66. The highest BCUT2D eigenvalue weighted by molar-refractivity contribution is 5.73. The Hall–Kier alpha value is -7.44. The van der Waals surface area contributed by atoms with Gasteiger partial charge in [-0.05, 0) is 119 Å². The normalized spacial score (nSPS) is 11.2. The van der Waals surface area contributed by atoms with Crippen LogP contribution in [0.15, 0.2) is 200 Å². The Labute approximate surface area is 351 Å². The van der Waals surface area contributed by atoms with Crippen LogP contribution in [0.25, 0.3) is 33.4 Å². The zero-order chi connectivity index (χ0) is 41.2. The molecule has 8 rings (SSSR count). The van der Waals surface area contributed by atoms with E-state index in [4.69, 9.17) is 18.9 Å². The van der Waals surface area contributed by atoms with Gasteiger partial charge >= 0.3 is 0 Å². The third-order valence-electron chi connectivity index (χ3n) is 10.7. The number of phenols is 2. The Morgan fingerprint density at radius 3 is 1.08 bits per heavy atom. The molecule has 8 aromatic rings. The van der Waals surface area contributed by atoms with E-state index in [0.717, 1.165) is 50.1 Å². The van der Waals surface area contributed by atoms with Gasteiger partial charge in [-0.2, -0.15) is 0 Å². The largest absolute Gasteiger partial charge is 0.508 e. The van der Waals surface area contributed by atoms with E-state index in [2.05, 4.69) is 140 Å². The van der Waals surface area contributed by atoms with E-state index in [1.165, 1.54) is 0 Å². The molecule has 0 aromatic heterocycles. The van der Waals surface area contributed by atoms with Crippen molar-refractivity contribution in [3.63, 3.8) is 0 Å². The van der Waals surface area contributed by atoms with E-state index in [-0.39, 0.29) is 24.7 Å². The lowest BCUT2D eigenvalue weighted by Gasteiger charge is -2.35. The predicted octanol–water partition coefficient (Wildman–Crippen LogP) is 12.4. The first kappa shape index (κ1) is 39.4. The van der Waals surface area contributed by atoms with E-state index >= 15 is 0 Å². The van der Waals surface area contributed by atoms with Crippen molar-refractivity contribution < 1.29 is 29.2 Å². The molecule has 60 heavy (non-hydrogen) atoms. The van der Waals surface area contributed by atoms with Crippen molar-refractivity contribution >= 4 is 0 Å². The lowest BCUT2D eigenvalue weighted by Crippen LogP contribution is -2.28. The second-order valence-electron chi connectivity index (χ2n) is 14.6. The maximum atomic E-state index is 9.76. The zero-order valence-corrected chi connectivity index (χ0v) is 33.4. The summed E-state index contributed by atoms with van der Waals surface area (Å²) in [5, 5.41) is 19.5. The van der Waals surface area contributed by atoms with Crippen LogP contribution in [0, 0.1) is 0 Å².